The first-order valence-corrected chi connectivity index (χ1v) is 8.39. The van der Waals surface area contributed by atoms with Gasteiger partial charge in [0.2, 0.25) is 0 Å². The van der Waals surface area contributed by atoms with Gasteiger partial charge < -0.3 is 0 Å². The van der Waals surface area contributed by atoms with Crippen molar-refractivity contribution in [3.05, 3.63) is 0 Å². The first-order valence-electron chi connectivity index (χ1n) is 6.58. The van der Waals surface area contributed by atoms with Crippen LogP contribution in [0.1, 0.15) is 65.7 Å². The van der Waals surface area contributed by atoms with Gasteiger partial charge in [-0.1, -0.05) is 70.9 Å². The quantitative estimate of drug-likeness (QED) is 0.439. The molecule has 1 fully saturated rings. The predicted octanol–water partition coefficient (Wildman–Crippen LogP) is 4.15. The minimum absolute atomic E-state index is 0.518. The van der Waals surface area contributed by atoms with Crippen molar-refractivity contribution < 1.29 is 0 Å². The van der Waals surface area contributed by atoms with Crippen molar-refractivity contribution in [3.63, 3.8) is 0 Å². The molecular formula is C13H28Si. The lowest BCUT2D eigenvalue weighted by Gasteiger charge is -2.17. The van der Waals surface area contributed by atoms with E-state index in [1.165, 1.54) is 44.1 Å². The van der Waals surface area contributed by atoms with Gasteiger partial charge in [-0.05, 0) is 11.8 Å². The zero-order valence-electron chi connectivity index (χ0n) is 10.4. The third kappa shape index (κ3) is 7.60. The van der Waals surface area contributed by atoms with Crippen molar-refractivity contribution in [3.8, 4) is 0 Å². The molecule has 0 aromatic rings. The second-order valence-electron chi connectivity index (χ2n) is 6.31. The largest absolute Gasteiger partial charge is 0.0626 e. The Morgan fingerprint density at radius 3 is 2.14 bits per heavy atom. The van der Waals surface area contributed by atoms with Crippen LogP contribution in [0.3, 0.4) is 0 Å². The van der Waals surface area contributed by atoms with Crippen LogP contribution in [0.15, 0.2) is 0 Å². The minimum Gasteiger partial charge on any atom is -0.0626 e. The van der Waals surface area contributed by atoms with Gasteiger partial charge in [0, 0.05) is 9.52 Å². The van der Waals surface area contributed by atoms with Crippen molar-refractivity contribution in [2.24, 2.45) is 5.41 Å². The molecule has 1 rings (SSSR count). The molecule has 0 aromatic carbocycles. The van der Waals surface area contributed by atoms with E-state index in [2.05, 4.69) is 20.8 Å². The average Bonchev–Trinajstić information content (AvgIpc) is 2.84. The van der Waals surface area contributed by atoms with E-state index in [-0.39, 0.29) is 0 Å². The fourth-order valence-corrected chi connectivity index (χ4v) is 3.13. The molecule has 0 N–H and O–H groups in total. The Bertz CT molecular complexity index is 142. The van der Waals surface area contributed by atoms with Crippen molar-refractivity contribution in [1.82, 2.24) is 0 Å². The van der Waals surface area contributed by atoms with Gasteiger partial charge in [0.05, 0.1) is 0 Å². The minimum atomic E-state index is 0.518. The summed E-state index contributed by atoms with van der Waals surface area (Å²) in [6.45, 7) is 7.06. The van der Waals surface area contributed by atoms with Crippen LogP contribution in [-0.4, -0.2) is 9.52 Å². The number of rotatable bonds is 7. The zero-order chi connectivity index (χ0) is 10.4. The molecule has 1 heterocycles. The maximum atomic E-state index is 2.35. The van der Waals surface area contributed by atoms with Gasteiger partial charge in [-0.25, -0.2) is 0 Å². The van der Waals surface area contributed by atoms with Gasteiger partial charge in [0.15, 0.2) is 0 Å². The van der Waals surface area contributed by atoms with E-state index < -0.39 is 0 Å². The highest BCUT2D eigenvalue weighted by Gasteiger charge is 2.20. The van der Waals surface area contributed by atoms with Crippen LogP contribution >= 0.6 is 0 Å². The fourth-order valence-electron chi connectivity index (χ4n) is 2.03. The smallest absolute Gasteiger partial charge is 0.0227 e. The Balaban J connectivity index is 1.75. The number of hydrogen-bond donors (Lipinski definition) is 0. The van der Waals surface area contributed by atoms with E-state index in [1.54, 1.807) is 12.5 Å². The molecule has 1 atom stereocenters. The first-order chi connectivity index (χ1) is 6.58. The molecule has 0 bridgehead atoms. The summed E-state index contributed by atoms with van der Waals surface area (Å²) in [4.78, 5) is 0. The van der Waals surface area contributed by atoms with Crippen molar-refractivity contribution in [2.45, 2.75) is 77.3 Å². The van der Waals surface area contributed by atoms with E-state index in [0.29, 0.717) is 14.9 Å². The van der Waals surface area contributed by atoms with Gasteiger partial charge in [-0.3, -0.25) is 0 Å². The Labute approximate surface area is 92.7 Å². The van der Waals surface area contributed by atoms with Crippen molar-refractivity contribution >= 4 is 9.52 Å². The first kappa shape index (κ1) is 12.3. The van der Waals surface area contributed by atoms with Crippen molar-refractivity contribution in [2.75, 3.05) is 0 Å². The number of hydrogen-bond acceptors (Lipinski definition) is 0. The van der Waals surface area contributed by atoms with Crippen LogP contribution in [0.5, 0.6) is 0 Å². The molecule has 1 aliphatic heterocycles. The summed E-state index contributed by atoms with van der Waals surface area (Å²) >= 11 is 0. The molecule has 0 amide bonds. The number of unbranched alkanes of at least 4 members (excludes halogenated alkanes) is 4. The monoisotopic (exact) mass is 212 g/mol. The molecule has 14 heavy (non-hydrogen) atoms. The average molecular weight is 212 g/mol. The molecule has 1 saturated heterocycles. The topological polar surface area (TPSA) is 0 Å². The molecule has 0 nitrogen and oxygen atoms in total. The summed E-state index contributed by atoms with van der Waals surface area (Å²) in [5, 5.41) is 0. The third-order valence-corrected chi connectivity index (χ3v) is 5.04. The summed E-state index contributed by atoms with van der Waals surface area (Å²) in [6.07, 6.45) is 10.4. The van der Waals surface area contributed by atoms with Crippen LogP contribution in [0.4, 0.5) is 0 Å². The third-order valence-electron chi connectivity index (χ3n) is 3.24. The molecule has 0 saturated carbocycles. The van der Waals surface area contributed by atoms with Crippen LogP contribution in [-0.2, 0) is 0 Å². The molecule has 0 radical (unpaired) electrons. The lowest BCUT2D eigenvalue weighted by Crippen LogP contribution is -2.03. The van der Waals surface area contributed by atoms with E-state index in [4.69, 9.17) is 0 Å². The molecule has 0 spiro atoms. The molecule has 1 heteroatoms. The molecule has 0 aromatic heterocycles. The SMILES string of the molecule is CC(C)(C)CCCCCCCC1C[SiH2]1. The summed E-state index contributed by atoms with van der Waals surface area (Å²) in [6, 6.07) is 1.67. The highest BCUT2D eigenvalue weighted by molar-refractivity contribution is 6.50. The van der Waals surface area contributed by atoms with Crippen LogP contribution < -0.4 is 0 Å². The van der Waals surface area contributed by atoms with Gasteiger partial charge >= 0.3 is 0 Å². The van der Waals surface area contributed by atoms with Gasteiger partial charge in [0.25, 0.3) is 0 Å². The van der Waals surface area contributed by atoms with E-state index in [0.717, 1.165) is 0 Å². The highest BCUT2D eigenvalue weighted by atomic mass is 28.2. The van der Waals surface area contributed by atoms with Gasteiger partial charge in [-0.15, -0.1) is 0 Å². The van der Waals surface area contributed by atoms with Gasteiger partial charge in [-0.2, -0.15) is 0 Å². The summed E-state index contributed by atoms with van der Waals surface area (Å²) in [5.41, 5.74) is 1.84. The molecule has 1 aliphatic rings. The Morgan fingerprint density at radius 2 is 1.57 bits per heavy atom. The van der Waals surface area contributed by atoms with Crippen LogP contribution in [0.25, 0.3) is 0 Å². The second-order valence-corrected chi connectivity index (χ2v) is 8.62. The highest BCUT2D eigenvalue weighted by Crippen LogP contribution is 2.33. The summed E-state index contributed by atoms with van der Waals surface area (Å²) in [7, 11) is 0.518. The maximum absolute atomic E-state index is 2.35. The molecule has 0 aliphatic carbocycles. The fraction of sp³-hybridized carbons (Fsp3) is 1.00. The van der Waals surface area contributed by atoms with Crippen LogP contribution in [0.2, 0.25) is 11.6 Å². The zero-order valence-corrected chi connectivity index (χ0v) is 11.9. The summed E-state index contributed by atoms with van der Waals surface area (Å²) in [5.74, 6) is 0. The van der Waals surface area contributed by atoms with E-state index >= 15 is 0 Å². The second kappa shape index (κ2) is 5.94. The lowest BCUT2D eigenvalue weighted by atomic mass is 9.89. The van der Waals surface area contributed by atoms with E-state index in [1.807, 2.05) is 0 Å². The Morgan fingerprint density at radius 1 is 1.00 bits per heavy atom. The predicted molar refractivity (Wildman–Crippen MR) is 68.9 cm³/mol. The van der Waals surface area contributed by atoms with E-state index in [9.17, 15) is 0 Å². The Hall–Kier alpha value is 0.217. The van der Waals surface area contributed by atoms with Crippen molar-refractivity contribution in [1.29, 1.82) is 0 Å². The van der Waals surface area contributed by atoms with Crippen LogP contribution in [0, 0.1) is 5.41 Å². The summed E-state index contributed by atoms with van der Waals surface area (Å²) < 4.78 is 0. The molecular weight excluding hydrogens is 184 g/mol. The molecule has 84 valence electrons. The normalized spacial score (nSPS) is 22.9. The maximum Gasteiger partial charge on any atom is 0.0227 e. The lowest BCUT2D eigenvalue weighted by molar-refractivity contribution is 0.356. The van der Waals surface area contributed by atoms with Gasteiger partial charge in [0.1, 0.15) is 0 Å². The molecule has 1 unspecified atom stereocenters. The Kier molecular flexibility index (Phi) is 5.22. The standard InChI is InChI=1S/C13H28Si/c1-13(2,3)10-8-6-4-5-7-9-12-11-14-12/h12H,4-11,14H2,1-3H3.